The van der Waals surface area contributed by atoms with Gasteiger partial charge in [-0.15, -0.1) is 5.10 Å². The molecule has 2 aromatic heterocycles. The molecule has 0 saturated heterocycles. The van der Waals surface area contributed by atoms with Crippen LogP contribution in [0.1, 0.15) is 11.4 Å². The molecular weight excluding hydrogens is 348 g/mol. The highest BCUT2D eigenvalue weighted by Gasteiger charge is 2.16. The van der Waals surface area contributed by atoms with Crippen molar-refractivity contribution in [2.24, 2.45) is 0 Å². The third-order valence-corrected chi connectivity index (χ3v) is 4.21. The van der Waals surface area contributed by atoms with Crippen molar-refractivity contribution in [3.63, 3.8) is 0 Å². The number of nitrogen functional groups attached to an aromatic ring is 1. The molecule has 0 aliphatic rings. The number of benzene rings is 2. The van der Waals surface area contributed by atoms with Crippen LogP contribution in [0, 0.1) is 0 Å². The van der Waals surface area contributed by atoms with E-state index in [0.717, 1.165) is 16.6 Å². The molecule has 27 heavy (non-hydrogen) atoms. The molecule has 0 unspecified atom stereocenters. The maximum absolute atomic E-state index is 9.73. The Morgan fingerprint density at radius 2 is 1.93 bits per heavy atom. The fourth-order valence-electron chi connectivity index (χ4n) is 3.04. The highest BCUT2D eigenvalue weighted by molar-refractivity contribution is 6.01. The first-order valence-corrected chi connectivity index (χ1v) is 8.36. The molecule has 0 fully saturated rings. The van der Waals surface area contributed by atoms with Crippen molar-refractivity contribution < 1.29 is 15.3 Å². The first-order chi connectivity index (χ1) is 13.1. The molecular formula is C18H18N6O3. The topological polar surface area (TPSA) is 142 Å². The van der Waals surface area contributed by atoms with E-state index in [9.17, 15) is 10.2 Å². The zero-order valence-corrected chi connectivity index (χ0v) is 14.3. The predicted octanol–water partition coefficient (Wildman–Crippen LogP) is 1.27. The standard InChI is InChI=1S/C18H18N6O3/c19-18-22-17-16-11(20-6-7-25)2-1-3-12(16)21-15(24(17)23-18)9-10-4-5-13(26)14(27)8-10/h1-5,8,20,25-27H,6-7,9H2,(H2,19,23). The van der Waals surface area contributed by atoms with Gasteiger partial charge in [0, 0.05) is 18.7 Å². The smallest absolute Gasteiger partial charge is 0.240 e. The van der Waals surface area contributed by atoms with Gasteiger partial charge < -0.3 is 26.4 Å². The SMILES string of the molecule is Nc1nc2c3c(NCCO)cccc3nc(Cc3ccc(O)c(O)c3)n2n1. The van der Waals surface area contributed by atoms with Gasteiger partial charge in [0.25, 0.3) is 0 Å². The summed E-state index contributed by atoms with van der Waals surface area (Å²) in [4.78, 5) is 9.03. The lowest BCUT2D eigenvalue weighted by Gasteiger charge is -2.11. The number of phenolic OH excluding ortho intramolecular Hbond substituents is 2. The number of aliphatic hydroxyl groups is 1. The third-order valence-electron chi connectivity index (χ3n) is 4.21. The summed E-state index contributed by atoms with van der Waals surface area (Å²) < 4.78 is 1.58. The van der Waals surface area contributed by atoms with Crippen LogP contribution in [0.4, 0.5) is 11.6 Å². The summed E-state index contributed by atoms with van der Waals surface area (Å²) in [6.07, 6.45) is 0.359. The molecule has 6 N–H and O–H groups in total. The molecule has 0 saturated carbocycles. The van der Waals surface area contributed by atoms with E-state index < -0.39 is 0 Å². The fraction of sp³-hybridized carbons (Fsp3) is 0.167. The van der Waals surface area contributed by atoms with Crippen molar-refractivity contribution in [1.82, 2.24) is 19.6 Å². The minimum Gasteiger partial charge on any atom is -0.504 e. The van der Waals surface area contributed by atoms with Crippen molar-refractivity contribution in [1.29, 1.82) is 0 Å². The van der Waals surface area contributed by atoms with E-state index >= 15 is 0 Å². The summed E-state index contributed by atoms with van der Waals surface area (Å²) in [7, 11) is 0. The normalized spacial score (nSPS) is 11.3. The zero-order valence-electron chi connectivity index (χ0n) is 14.3. The number of nitrogens with zero attached hydrogens (tertiary/aromatic N) is 4. The number of phenols is 2. The molecule has 0 spiro atoms. The molecule has 0 atom stereocenters. The monoisotopic (exact) mass is 366 g/mol. The van der Waals surface area contributed by atoms with Crippen LogP contribution in [0.3, 0.4) is 0 Å². The molecule has 4 aromatic rings. The largest absolute Gasteiger partial charge is 0.504 e. The van der Waals surface area contributed by atoms with Gasteiger partial charge >= 0.3 is 0 Å². The van der Waals surface area contributed by atoms with Crippen molar-refractivity contribution in [2.45, 2.75) is 6.42 Å². The number of hydrogen-bond donors (Lipinski definition) is 5. The maximum atomic E-state index is 9.73. The number of hydrogen-bond acceptors (Lipinski definition) is 8. The summed E-state index contributed by atoms with van der Waals surface area (Å²) in [6, 6.07) is 10.2. The summed E-state index contributed by atoms with van der Waals surface area (Å²) in [6.45, 7) is 0.390. The number of nitrogens with one attached hydrogen (secondary N) is 1. The Morgan fingerprint density at radius 3 is 2.70 bits per heavy atom. The average molecular weight is 366 g/mol. The van der Waals surface area contributed by atoms with Gasteiger partial charge in [0.05, 0.1) is 17.5 Å². The van der Waals surface area contributed by atoms with Gasteiger partial charge in [0.15, 0.2) is 17.1 Å². The van der Waals surface area contributed by atoms with E-state index in [0.29, 0.717) is 30.0 Å². The lowest BCUT2D eigenvalue weighted by molar-refractivity contribution is 0.311. The number of aliphatic hydroxyl groups excluding tert-OH is 1. The van der Waals surface area contributed by atoms with E-state index in [2.05, 4.69) is 15.4 Å². The van der Waals surface area contributed by atoms with Gasteiger partial charge in [-0.25, -0.2) is 4.98 Å². The molecule has 9 heteroatoms. The molecule has 0 aliphatic carbocycles. The minimum atomic E-state index is -0.196. The quantitative estimate of drug-likeness (QED) is 0.332. The summed E-state index contributed by atoms with van der Waals surface area (Å²) in [5.41, 5.74) is 8.62. The van der Waals surface area contributed by atoms with Gasteiger partial charge in [-0.1, -0.05) is 12.1 Å². The van der Waals surface area contributed by atoms with Crippen LogP contribution < -0.4 is 11.1 Å². The van der Waals surface area contributed by atoms with E-state index in [1.165, 1.54) is 12.1 Å². The average Bonchev–Trinajstić information content (AvgIpc) is 3.04. The van der Waals surface area contributed by atoms with Crippen LogP contribution in [0.25, 0.3) is 16.6 Å². The Bertz CT molecular complexity index is 1140. The Labute approximate surface area is 153 Å². The van der Waals surface area contributed by atoms with Gasteiger partial charge in [-0.3, -0.25) is 0 Å². The second kappa shape index (κ2) is 6.61. The lowest BCUT2D eigenvalue weighted by Crippen LogP contribution is -2.09. The van der Waals surface area contributed by atoms with Crippen molar-refractivity contribution in [3.05, 3.63) is 47.8 Å². The van der Waals surface area contributed by atoms with Crippen LogP contribution >= 0.6 is 0 Å². The number of nitrogens with two attached hydrogens (primary N) is 1. The first kappa shape index (κ1) is 16.9. The summed E-state index contributed by atoms with van der Waals surface area (Å²) in [5, 5.41) is 36.5. The Balaban J connectivity index is 1.89. The lowest BCUT2D eigenvalue weighted by atomic mass is 10.1. The van der Waals surface area contributed by atoms with Crippen LogP contribution in [0.5, 0.6) is 11.5 Å². The molecule has 138 valence electrons. The Morgan fingerprint density at radius 1 is 1.07 bits per heavy atom. The zero-order chi connectivity index (χ0) is 19.0. The van der Waals surface area contributed by atoms with Gasteiger partial charge in [-0.05, 0) is 29.8 Å². The second-order valence-corrected chi connectivity index (χ2v) is 6.08. The van der Waals surface area contributed by atoms with E-state index in [4.69, 9.17) is 15.8 Å². The van der Waals surface area contributed by atoms with Gasteiger partial charge in [-0.2, -0.15) is 9.50 Å². The van der Waals surface area contributed by atoms with Gasteiger partial charge in [0.1, 0.15) is 5.82 Å². The van der Waals surface area contributed by atoms with Crippen LogP contribution in [0.2, 0.25) is 0 Å². The minimum absolute atomic E-state index is 0.00262. The second-order valence-electron chi connectivity index (χ2n) is 6.08. The number of aromatic hydroxyl groups is 2. The molecule has 2 aromatic carbocycles. The Kier molecular flexibility index (Phi) is 4.13. The molecule has 0 amide bonds. The summed E-state index contributed by atoms with van der Waals surface area (Å²) in [5.74, 6) is 0.334. The van der Waals surface area contributed by atoms with Crippen LogP contribution in [-0.2, 0) is 6.42 Å². The molecule has 0 aliphatic heterocycles. The highest BCUT2D eigenvalue weighted by atomic mass is 16.3. The van der Waals surface area contributed by atoms with Crippen LogP contribution in [0.15, 0.2) is 36.4 Å². The van der Waals surface area contributed by atoms with E-state index in [1.54, 1.807) is 10.6 Å². The summed E-state index contributed by atoms with van der Waals surface area (Å²) >= 11 is 0. The maximum Gasteiger partial charge on any atom is 0.240 e. The molecule has 4 rings (SSSR count). The molecule has 9 nitrogen and oxygen atoms in total. The third kappa shape index (κ3) is 3.04. The number of fused-ring (bicyclic) bond motifs is 3. The number of anilines is 2. The van der Waals surface area contributed by atoms with Crippen molar-refractivity contribution in [3.8, 4) is 11.5 Å². The number of rotatable bonds is 5. The highest BCUT2D eigenvalue weighted by Crippen LogP contribution is 2.29. The number of aromatic nitrogens is 4. The van der Waals surface area contributed by atoms with Crippen molar-refractivity contribution in [2.75, 3.05) is 24.2 Å². The van der Waals surface area contributed by atoms with Crippen molar-refractivity contribution >= 4 is 28.2 Å². The Hall–Kier alpha value is -3.59. The van der Waals surface area contributed by atoms with Gasteiger partial charge in [0.2, 0.25) is 5.95 Å². The first-order valence-electron chi connectivity index (χ1n) is 8.36. The van der Waals surface area contributed by atoms with Crippen LogP contribution in [-0.4, -0.2) is 48.1 Å². The van der Waals surface area contributed by atoms with E-state index in [-0.39, 0.29) is 24.1 Å². The fourth-order valence-corrected chi connectivity index (χ4v) is 3.04. The molecule has 0 bridgehead atoms. The predicted molar refractivity (Wildman–Crippen MR) is 101 cm³/mol. The molecule has 0 radical (unpaired) electrons. The molecule has 2 heterocycles. The van der Waals surface area contributed by atoms with E-state index in [1.807, 2.05) is 18.2 Å².